The largest absolute Gasteiger partial charge is 0.357 e. The van der Waals surface area contributed by atoms with Gasteiger partial charge in [-0.2, -0.15) is 0 Å². The van der Waals surface area contributed by atoms with Crippen LogP contribution in [0, 0.1) is 6.92 Å². The van der Waals surface area contributed by atoms with Crippen molar-refractivity contribution in [2.75, 3.05) is 19.3 Å². The van der Waals surface area contributed by atoms with Crippen molar-refractivity contribution in [3.63, 3.8) is 0 Å². The molecule has 0 saturated carbocycles. The number of nitrogens with zero attached hydrogens (tertiary/aromatic N) is 1. The fourth-order valence-electron chi connectivity index (χ4n) is 2.51. The van der Waals surface area contributed by atoms with Gasteiger partial charge in [0.1, 0.15) is 0 Å². The third-order valence-corrected chi connectivity index (χ3v) is 4.76. The average Bonchev–Trinajstić information content (AvgIpc) is 2.69. The number of aryl methyl sites for hydroxylation is 1. The molecule has 0 heterocycles. The van der Waals surface area contributed by atoms with Crippen molar-refractivity contribution in [2.45, 2.75) is 31.8 Å². The second-order valence-electron chi connectivity index (χ2n) is 6.13. The standard InChI is InChI=1S/C21H28N4OS.HI/c1-4-22-21(24-14-18-11-10-16(2)12-19(18)27-3)25-15-20(26)23-13-17-8-6-5-7-9-17;/h5-12H,4,13-15H2,1-3H3,(H,23,26)(H2,22,24,25);1H. The van der Waals surface area contributed by atoms with Gasteiger partial charge in [0.25, 0.3) is 0 Å². The Hall–Kier alpha value is -1.74. The summed E-state index contributed by atoms with van der Waals surface area (Å²) in [5.41, 5.74) is 3.50. The van der Waals surface area contributed by atoms with Gasteiger partial charge in [-0.25, -0.2) is 4.99 Å². The van der Waals surface area contributed by atoms with Crippen molar-refractivity contribution in [2.24, 2.45) is 4.99 Å². The van der Waals surface area contributed by atoms with Gasteiger partial charge in [-0.15, -0.1) is 35.7 Å². The van der Waals surface area contributed by atoms with E-state index in [1.165, 1.54) is 16.0 Å². The molecule has 0 saturated heterocycles. The Morgan fingerprint density at radius 2 is 1.82 bits per heavy atom. The number of carbonyl (C=O) groups excluding carboxylic acids is 1. The molecule has 0 radical (unpaired) electrons. The summed E-state index contributed by atoms with van der Waals surface area (Å²) in [6.07, 6.45) is 2.07. The predicted molar refractivity (Wildman–Crippen MR) is 129 cm³/mol. The molecule has 0 bridgehead atoms. The van der Waals surface area contributed by atoms with E-state index in [4.69, 9.17) is 0 Å². The van der Waals surface area contributed by atoms with Crippen LogP contribution in [0.5, 0.6) is 0 Å². The molecular weight excluding hydrogens is 483 g/mol. The molecule has 1 amide bonds. The van der Waals surface area contributed by atoms with Gasteiger partial charge in [-0.05, 0) is 42.9 Å². The summed E-state index contributed by atoms with van der Waals surface area (Å²) in [6.45, 7) is 6.11. The monoisotopic (exact) mass is 512 g/mol. The summed E-state index contributed by atoms with van der Waals surface area (Å²) in [6, 6.07) is 16.2. The Balaban J connectivity index is 0.00000392. The normalized spacial score (nSPS) is 10.8. The summed E-state index contributed by atoms with van der Waals surface area (Å²) >= 11 is 1.72. The Kier molecular flexibility index (Phi) is 11.7. The highest BCUT2D eigenvalue weighted by molar-refractivity contribution is 14.0. The number of amides is 1. The summed E-state index contributed by atoms with van der Waals surface area (Å²) in [4.78, 5) is 17.9. The number of halogens is 1. The molecule has 5 nitrogen and oxygen atoms in total. The minimum atomic E-state index is -0.0652. The second-order valence-corrected chi connectivity index (χ2v) is 6.97. The van der Waals surface area contributed by atoms with Gasteiger partial charge in [-0.1, -0.05) is 42.5 Å². The molecule has 0 aliphatic heterocycles. The second kappa shape index (κ2) is 13.4. The molecule has 0 fully saturated rings. The topological polar surface area (TPSA) is 65.5 Å². The smallest absolute Gasteiger partial charge is 0.239 e. The van der Waals surface area contributed by atoms with Crippen LogP contribution >= 0.6 is 35.7 Å². The van der Waals surface area contributed by atoms with Crippen LogP contribution in [-0.4, -0.2) is 31.2 Å². The van der Waals surface area contributed by atoms with E-state index in [2.05, 4.69) is 52.3 Å². The molecule has 2 aromatic carbocycles. The fourth-order valence-corrected chi connectivity index (χ4v) is 3.21. The van der Waals surface area contributed by atoms with Gasteiger partial charge in [0, 0.05) is 18.0 Å². The number of nitrogens with one attached hydrogen (secondary N) is 3. The van der Waals surface area contributed by atoms with Crippen LogP contribution in [0.1, 0.15) is 23.6 Å². The first-order valence-electron chi connectivity index (χ1n) is 9.08. The molecule has 2 aromatic rings. The summed E-state index contributed by atoms with van der Waals surface area (Å²) < 4.78 is 0. The quantitative estimate of drug-likeness (QED) is 0.219. The van der Waals surface area contributed by atoms with Crippen LogP contribution in [0.3, 0.4) is 0 Å². The number of guanidine groups is 1. The van der Waals surface area contributed by atoms with E-state index in [0.29, 0.717) is 19.0 Å². The molecule has 0 aromatic heterocycles. The van der Waals surface area contributed by atoms with E-state index in [1.807, 2.05) is 37.3 Å². The lowest BCUT2D eigenvalue weighted by Crippen LogP contribution is -2.43. The number of aliphatic imine (C=N–C) groups is 1. The Bertz CT molecular complexity index is 768. The maximum atomic E-state index is 12.1. The lowest BCUT2D eigenvalue weighted by atomic mass is 10.1. The maximum absolute atomic E-state index is 12.1. The van der Waals surface area contributed by atoms with Crippen molar-refractivity contribution in [3.8, 4) is 0 Å². The Morgan fingerprint density at radius 1 is 1.07 bits per heavy atom. The molecule has 3 N–H and O–H groups in total. The number of hydrogen-bond donors (Lipinski definition) is 3. The lowest BCUT2D eigenvalue weighted by molar-refractivity contribution is -0.120. The molecule has 2 rings (SSSR count). The molecule has 0 aliphatic rings. The molecule has 152 valence electrons. The van der Waals surface area contributed by atoms with E-state index < -0.39 is 0 Å². The highest BCUT2D eigenvalue weighted by atomic mass is 127. The van der Waals surface area contributed by atoms with Crippen molar-refractivity contribution in [3.05, 3.63) is 65.2 Å². The van der Waals surface area contributed by atoms with E-state index in [-0.39, 0.29) is 36.4 Å². The minimum Gasteiger partial charge on any atom is -0.357 e. The minimum absolute atomic E-state index is 0. The first-order chi connectivity index (χ1) is 13.1. The van der Waals surface area contributed by atoms with E-state index in [0.717, 1.165) is 12.1 Å². The van der Waals surface area contributed by atoms with Crippen LogP contribution in [0.4, 0.5) is 0 Å². The SMILES string of the molecule is CCNC(=NCc1ccc(C)cc1SC)NCC(=O)NCc1ccccc1.I. The van der Waals surface area contributed by atoms with Crippen LogP contribution in [0.25, 0.3) is 0 Å². The zero-order valence-electron chi connectivity index (χ0n) is 16.6. The molecule has 7 heteroatoms. The van der Waals surface area contributed by atoms with Crippen molar-refractivity contribution >= 4 is 47.6 Å². The molecule has 0 atom stereocenters. The summed E-state index contributed by atoms with van der Waals surface area (Å²) in [5.74, 6) is 0.574. The predicted octanol–water partition coefficient (Wildman–Crippen LogP) is 3.71. The van der Waals surface area contributed by atoms with Crippen LogP contribution in [0.15, 0.2) is 58.4 Å². The molecular formula is C21H29IN4OS. The van der Waals surface area contributed by atoms with Crippen molar-refractivity contribution in [1.29, 1.82) is 0 Å². The highest BCUT2D eigenvalue weighted by Crippen LogP contribution is 2.22. The van der Waals surface area contributed by atoms with Crippen LogP contribution in [0.2, 0.25) is 0 Å². The first kappa shape index (κ1) is 24.3. The van der Waals surface area contributed by atoms with E-state index in [9.17, 15) is 4.79 Å². The van der Waals surface area contributed by atoms with Gasteiger partial charge >= 0.3 is 0 Å². The number of benzene rings is 2. The Labute approximate surface area is 189 Å². The number of hydrogen-bond acceptors (Lipinski definition) is 3. The molecule has 0 aliphatic carbocycles. The summed E-state index contributed by atoms with van der Waals surface area (Å²) in [7, 11) is 0. The third kappa shape index (κ3) is 8.52. The zero-order valence-corrected chi connectivity index (χ0v) is 19.8. The van der Waals surface area contributed by atoms with Gasteiger partial charge in [0.2, 0.25) is 5.91 Å². The first-order valence-corrected chi connectivity index (χ1v) is 10.3. The van der Waals surface area contributed by atoms with Gasteiger partial charge in [-0.3, -0.25) is 4.79 Å². The van der Waals surface area contributed by atoms with E-state index >= 15 is 0 Å². The highest BCUT2D eigenvalue weighted by Gasteiger charge is 2.05. The lowest BCUT2D eigenvalue weighted by Gasteiger charge is -2.12. The fraction of sp³-hybridized carbons (Fsp3) is 0.333. The zero-order chi connectivity index (χ0) is 19.5. The van der Waals surface area contributed by atoms with Crippen LogP contribution in [-0.2, 0) is 17.9 Å². The van der Waals surface area contributed by atoms with E-state index in [1.54, 1.807) is 11.8 Å². The van der Waals surface area contributed by atoms with Crippen molar-refractivity contribution < 1.29 is 4.79 Å². The van der Waals surface area contributed by atoms with Crippen molar-refractivity contribution in [1.82, 2.24) is 16.0 Å². The van der Waals surface area contributed by atoms with Gasteiger partial charge in [0.05, 0.1) is 13.1 Å². The van der Waals surface area contributed by atoms with Crippen LogP contribution < -0.4 is 16.0 Å². The number of thioether (sulfide) groups is 1. The number of rotatable bonds is 8. The van der Waals surface area contributed by atoms with Gasteiger partial charge in [0.15, 0.2) is 5.96 Å². The third-order valence-electron chi connectivity index (χ3n) is 3.94. The maximum Gasteiger partial charge on any atom is 0.239 e. The van der Waals surface area contributed by atoms with Gasteiger partial charge < -0.3 is 16.0 Å². The number of carbonyl (C=O) groups is 1. The molecule has 28 heavy (non-hydrogen) atoms. The summed E-state index contributed by atoms with van der Waals surface area (Å²) in [5, 5.41) is 9.19. The molecule has 0 unspecified atom stereocenters. The Morgan fingerprint density at radius 3 is 2.50 bits per heavy atom. The average molecular weight is 512 g/mol. The molecule has 0 spiro atoms.